The first-order chi connectivity index (χ1) is 11.0. The molecule has 1 fully saturated rings. The second-order valence-corrected chi connectivity index (χ2v) is 4.66. The van der Waals surface area contributed by atoms with Gasteiger partial charge < -0.3 is 4.42 Å². The van der Waals surface area contributed by atoms with Gasteiger partial charge in [-0.25, -0.2) is 9.80 Å². The summed E-state index contributed by atoms with van der Waals surface area (Å²) in [6.45, 7) is -0.134. The molecule has 25 heavy (non-hydrogen) atoms. The van der Waals surface area contributed by atoms with Crippen molar-refractivity contribution < 1.29 is 78.0 Å². The number of furan rings is 1. The van der Waals surface area contributed by atoms with Crippen LogP contribution in [0, 0.1) is 10.1 Å². The second-order valence-electron chi connectivity index (χ2n) is 4.66. The number of hydrogen-bond donors (Lipinski definition) is 1. The fourth-order valence-corrected chi connectivity index (χ4v) is 1.98. The first kappa shape index (κ1) is 21.6. The zero-order valence-corrected chi connectivity index (χ0v) is 17.6. The summed E-state index contributed by atoms with van der Waals surface area (Å²) in [7, 11) is 0. The van der Waals surface area contributed by atoms with Gasteiger partial charge >= 0.3 is 65.1 Å². The second kappa shape index (κ2) is 9.27. The Kier molecular flexibility index (Phi) is 8.00. The number of amides is 3. The van der Waals surface area contributed by atoms with Crippen molar-refractivity contribution in [3.8, 4) is 11.3 Å². The number of carbonyl (C=O) groups is 2. The Labute approximate surface area is 186 Å². The molecule has 0 saturated carbocycles. The van der Waals surface area contributed by atoms with Gasteiger partial charge in [0.1, 0.15) is 18.1 Å². The monoisotopic (exact) mass is 360 g/mol. The van der Waals surface area contributed by atoms with Gasteiger partial charge in [0.2, 0.25) is 5.91 Å². The van der Waals surface area contributed by atoms with Crippen molar-refractivity contribution in [2.24, 2.45) is 5.10 Å². The van der Waals surface area contributed by atoms with E-state index in [4.69, 9.17) is 4.42 Å². The van der Waals surface area contributed by atoms with E-state index in [1.807, 2.05) is 0 Å². The van der Waals surface area contributed by atoms with E-state index in [2.05, 4.69) is 10.4 Å². The SMILES string of the molecule is O=C1CN(N=Cc2ccc(-c3ccc([N+](=O)[O-])cc3)o2)C(=O)N1.[Na+].[Na+]. The molecule has 1 N–H and O–H groups in total. The molecule has 0 aliphatic carbocycles. The Bertz CT molecular complexity index is 819. The summed E-state index contributed by atoms with van der Waals surface area (Å²) in [5, 5.41) is 17.6. The van der Waals surface area contributed by atoms with Crippen LogP contribution in [0.15, 0.2) is 45.9 Å². The molecular weight excluding hydrogens is 350 g/mol. The molecule has 0 unspecified atom stereocenters. The number of carbonyl (C=O) groups excluding carboxylic acids is 2. The van der Waals surface area contributed by atoms with Gasteiger partial charge in [-0.05, 0) is 24.3 Å². The van der Waals surface area contributed by atoms with Crippen molar-refractivity contribution in [1.29, 1.82) is 0 Å². The van der Waals surface area contributed by atoms with E-state index in [-0.39, 0.29) is 71.3 Å². The molecule has 3 amide bonds. The van der Waals surface area contributed by atoms with Crippen molar-refractivity contribution in [1.82, 2.24) is 10.3 Å². The Morgan fingerprint density at radius 3 is 2.40 bits per heavy atom. The molecule has 0 bridgehead atoms. The fourth-order valence-electron chi connectivity index (χ4n) is 1.98. The zero-order chi connectivity index (χ0) is 16.4. The number of benzene rings is 1. The van der Waals surface area contributed by atoms with Crippen LogP contribution in [0.5, 0.6) is 0 Å². The van der Waals surface area contributed by atoms with E-state index in [0.717, 1.165) is 5.01 Å². The molecular formula is C14H10N4Na2O5+2. The third kappa shape index (κ3) is 5.24. The van der Waals surface area contributed by atoms with Gasteiger partial charge in [0, 0.05) is 17.7 Å². The van der Waals surface area contributed by atoms with Crippen LogP contribution >= 0.6 is 0 Å². The predicted molar refractivity (Wildman–Crippen MR) is 78.6 cm³/mol. The smallest absolute Gasteiger partial charge is 0.455 e. The summed E-state index contributed by atoms with van der Waals surface area (Å²) in [5.74, 6) is 0.465. The Morgan fingerprint density at radius 2 is 1.84 bits per heavy atom. The number of rotatable bonds is 4. The number of nitro groups is 1. The van der Waals surface area contributed by atoms with Crippen LogP contribution in [0.1, 0.15) is 5.76 Å². The van der Waals surface area contributed by atoms with Gasteiger partial charge in [0.05, 0.1) is 11.1 Å². The average molecular weight is 360 g/mol. The first-order valence-corrected chi connectivity index (χ1v) is 6.53. The maximum Gasteiger partial charge on any atom is 1.00 e. The Hall–Kier alpha value is -1.49. The Balaban J connectivity index is 0.00000156. The van der Waals surface area contributed by atoms with E-state index < -0.39 is 16.9 Å². The molecule has 11 heteroatoms. The van der Waals surface area contributed by atoms with E-state index in [1.165, 1.54) is 18.3 Å². The van der Waals surface area contributed by atoms with E-state index in [1.54, 1.807) is 24.3 Å². The first-order valence-electron chi connectivity index (χ1n) is 6.53. The van der Waals surface area contributed by atoms with Crippen molar-refractivity contribution in [2.45, 2.75) is 0 Å². The van der Waals surface area contributed by atoms with Crippen LogP contribution in [0.25, 0.3) is 11.3 Å². The van der Waals surface area contributed by atoms with Crippen LogP contribution in [-0.4, -0.2) is 34.6 Å². The van der Waals surface area contributed by atoms with Crippen LogP contribution in [0.2, 0.25) is 0 Å². The zero-order valence-electron chi connectivity index (χ0n) is 13.6. The molecule has 2 heterocycles. The molecule has 1 aliphatic heterocycles. The van der Waals surface area contributed by atoms with Crippen molar-refractivity contribution >= 4 is 23.8 Å². The molecule has 116 valence electrons. The molecule has 1 aliphatic rings. The average Bonchev–Trinajstić information content (AvgIpc) is 3.11. The standard InChI is InChI=1S/C14H10N4O5.2Na/c19-13-8-17(14(20)16-13)15-7-11-5-6-12(23-11)9-1-3-10(4-2-9)18(21)22;;/h1-7H,8H2,(H,16,19,20);;/q;2*+1. The minimum absolute atomic E-state index is 0. The third-order valence-electron chi connectivity index (χ3n) is 3.09. The number of nitro benzene ring substituents is 1. The molecule has 2 aromatic rings. The minimum atomic E-state index is -0.589. The summed E-state index contributed by atoms with van der Waals surface area (Å²) >= 11 is 0. The van der Waals surface area contributed by atoms with Gasteiger partial charge in [-0.15, -0.1) is 0 Å². The van der Waals surface area contributed by atoms with Crippen molar-refractivity contribution in [3.05, 3.63) is 52.3 Å². The summed E-state index contributed by atoms with van der Waals surface area (Å²) in [4.78, 5) is 32.5. The summed E-state index contributed by atoms with van der Waals surface area (Å²) in [6, 6.07) is 8.63. The summed E-state index contributed by atoms with van der Waals surface area (Å²) in [5.41, 5.74) is 0.663. The number of imide groups is 1. The van der Waals surface area contributed by atoms with Crippen LogP contribution in [0.4, 0.5) is 10.5 Å². The van der Waals surface area contributed by atoms with Gasteiger partial charge in [-0.1, -0.05) is 0 Å². The molecule has 0 atom stereocenters. The van der Waals surface area contributed by atoms with E-state index in [9.17, 15) is 19.7 Å². The maximum absolute atomic E-state index is 11.3. The topological polar surface area (TPSA) is 118 Å². The quantitative estimate of drug-likeness (QED) is 0.195. The third-order valence-corrected chi connectivity index (χ3v) is 3.09. The molecule has 1 aromatic heterocycles. The van der Waals surface area contributed by atoms with Gasteiger partial charge in [-0.3, -0.25) is 20.2 Å². The molecule has 1 saturated heterocycles. The van der Waals surface area contributed by atoms with E-state index in [0.29, 0.717) is 17.1 Å². The van der Waals surface area contributed by atoms with Crippen molar-refractivity contribution in [3.63, 3.8) is 0 Å². The van der Waals surface area contributed by atoms with E-state index >= 15 is 0 Å². The minimum Gasteiger partial charge on any atom is -0.455 e. The normalized spacial score (nSPS) is 13.4. The van der Waals surface area contributed by atoms with Crippen LogP contribution in [-0.2, 0) is 4.79 Å². The summed E-state index contributed by atoms with van der Waals surface area (Å²) < 4.78 is 5.53. The van der Waals surface area contributed by atoms with Gasteiger partial charge in [0.25, 0.3) is 5.69 Å². The molecule has 3 rings (SSSR count). The largest absolute Gasteiger partial charge is 1.00 e. The molecule has 1 aromatic carbocycles. The number of hydrogen-bond acceptors (Lipinski definition) is 6. The van der Waals surface area contributed by atoms with Crippen molar-refractivity contribution in [2.75, 3.05) is 6.54 Å². The van der Waals surface area contributed by atoms with Crippen LogP contribution in [0.3, 0.4) is 0 Å². The number of non-ortho nitro benzene ring substituents is 1. The molecule has 0 spiro atoms. The van der Waals surface area contributed by atoms with Gasteiger partial charge in [0.15, 0.2) is 0 Å². The summed E-state index contributed by atoms with van der Waals surface area (Å²) in [6.07, 6.45) is 1.31. The van der Waals surface area contributed by atoms with Crippen LogP contribution < -0.4 is 64.4 Å². The number of hydrazone groups is 1. The number of nitrogens with one attached hydrogen (secondary N) is 1. The number of urea groups is 1. The Morgan fingerprint density at radius 1 is 1.16 bits per heavy atom. The molecule has 9 nitrogen and oxygen atoms in total. The predicted octanol–water partition coefficient (Wildman–Crippen LogP) is -4.25. The van der Waals surface area contributed by atoms with Gasteiger partial charge in [-0.2, -0.15) is 5.10 Å². The molecule has 0 radical (unpaired) electrons. The maximum atomic E-state index is 11.3. The fraction of sp³-hybridized carbons (Fsp3) is 0.0714. The number of nitrogens with zero attached hydrogens (tertiary/aromatic N) is 3.